The summed E-state index contributed by atoms with van der Waals surface area (Å²) in [5, 5.41) is 1.22. The number of fused-ring (bicyclic) bond motifs is 2. The first-order chi connectivity index (χ1) is 20.5. The van der Waals surface area contributed by atoms with Crippen molar-refractivity contribution in [1.82, 2.24) is 0 Å². The van der Waals surface area contributed by atoms with E-state index in [9.17, 15) is 35.1 Å². The molecule has 4 aromatic carbocycles. The Hall–Kier alpha value is -2.82. The Morgan fingerprint density at radius 1 is 0.395 bits per heavy atom. The van der Waals surface area contributed by atoms with Gasteiger partial charge in [0.05, 0.1) is 0 Å². The number of halogens is 8. The van der Waals surface area contributed by atoms with Crippen LogP contribution in [0.3, 0.4) is 0 Å². The molecule has 43 heavy (non-hydrogen) atoms. The molecule has 4 atom stereocenters. The summed E-state index contributed by atoms with van der Waals surface area (Å²) in [5.74, 6) is -6.04. The van der Waals surface area contributed by atoms with Gasteiger partial charge in [-0.05, 0) is 141 Å². The average molecular weight is 637 g/mol. The second-order valence-electron chi connectivity index (χ2n) is 11.4. The fourth-order valence-corrected chi connectivity index (χ4v) is 12.7. The van der Waals surface area contributed by atoms with Crippen LogP contribution >= 0.6 is 15.8 Å². The summed E-state index contributed by atoms with van der Waals surface area (Å²) >= 11 is 0. The van der Waals surface area contributed by atoms with Crippen molar-refractivity contribution in [2.24, 2.45) is 23.7 Å². The summed E-state index contributed by atoms with van der Waals surface area (Å²) in [5.41, 5.74) is 0. The van der Waals surface area contributed by atoms with Gasteiger partial charge in [-0.2, -0.15) is 0 Å². The molecule has 0 N–H and O–H groups in total. The lowest BCUT2D eigenvalue weighted by Gasteiger charge is -2.36. The van der Waals surface area contributed by atoms with Crippen LogP contribution < -0.4 is 21.2 Å². The molecule has 2 bridgehead atoms. The summed E-state index contributed by atoms with van der Waals surface area (Å²) in [6, 6.07) is 12.5. The maximum atomic E-state index is 14.4. The highest BCUT2D eigenvalue weighted by molar-refractivity contribution is 7.73. The van der Waals surface area contributed by atoms with Crippen LogP contribution in [0.5, 0.6) is 0 Å². The van der Waals surface area contributed by atoms with Crippen LogP contribution in [0.1, 0.15) is 19.3 Å². The smallest absolute Gasteiger partial charge is 0.126 e. The van der Waals surface area contributed by atoms with E-state index in [1.54, 1.807) is 0 Å². The van der Waals surface area contributed by atoms with Crippen molar-refractivity contribution in [1.29, 1.82) is 0 Å². The predicted octanol–water partition coefficient (Wildman–Crippen LogP) is 8.03. The molecule has 0 saturated heterocycles. The zero-order chi connectivity index (χ0) is 30.4. The molecule has 2 saturated carbocycles. The molecule has 0 radical (unpaired) electrons. The van der Waals surface area contributed by atoms with E-state index in [4.69, 9.17) is 0 Å². The minimum Gasteiger partial charge on any atom is -0.207 e. The Morgan fingerprint density at radius 2 is 0.628 bits per heavy atom. The SMILES string of the molecule is Fc1cc(F)cc(P(C[C@@H]2C3CCC(C3)[C@H]2CP(c2cc(F)cc(F)c2)c2cc(F)cc(F)c2)c2cc(F)cc(F)c2)c1. The van der Waals surface area contributed by atoms with Crippen LogP contribution in [-0.2, 0) is 0 Å². The Morgan fingerprint density at radius 3 is 0.860 bits per heavy atom. The van der Waals surface area contributed by atoms with E-state index in [0.717, 1.165) is 43.5 Å². The third kappa shape index (κ3) is 6.66. The van der Waals surface area contributed by atoms with Crippen LogP contribution in [0.4, 0.5) is 35.1 Å². The van der Waals surface area contributed by atoms with Gasteiger partial charge in [-0.3, -0.25) is 0 Å². The van der Waals surface area contributed by atoms with Crippen molar-refractivity contribution < 1.29 is 35.1 Å². The first-order valence-electron chi connectivity index (χ1n) is 13.9. The topological polar surface area (TPSA) is 0 Å². The van der Waals surface area contributed by atoms with E-state index in [-0.39, 0.29) is 23.7 Å². The summed E-state index contributed by atoms with van der Waals surface area (Å²) in [7, 11) is -3.22. The van der Waals surface area contributed by atoms with Gasteiger partial charge in [0, 0.05) is 24.3 Å². The molecule has 4 aromatic rings. The molecule has 0 aliphatic heterocycles. The maximum absolute atomic E-state index is 14.4. The first-order valence-corrected chi connectivity index (χ1v) is 17.0. The van der Waals surface area contributed by atoms with Gasteiger partial charge in [0.25, 0.3) is 0 Å². The number of rotatable bonds is 8. The molecule has 0 amide bonds. The van der Waals surface area contributed by atoms with E-state index >= 15 is 0 Å². The highest BCUT2D eigenvalue weighted by Crippen LogP contribution is 2.58. The van der Waals surface area contributed by atoms with Gasteiger partial charge in [-0.25, -0.2) is 35.1 Å². The van der Waals surface area contributed by atoms with Crippen LogP contribution in [0.25, 0.3) is 0 Å². The standard InChI is InChI=1S/C33H26F8P2/c34-20-4-21(35)9-28(8-20)42(29-10-22(36)5-23(37)11-29)16-32-18-1-2-19(3-18)33(32)17-43(30-12-24(38)6-25(39)13-30)31-14-26(40)7-27(41)15-31/h4-15,18-19,32-33H,1-3,16-17H2/t18?,19?,32-,33-/m1/s1. The highest BCUT2D eigenvalue weighted by Gasteiger charge is 2.49. The molecule has 0 spiro atoms. The molecule has 2 unspecified atom stereocenters. The normalized spacial score (nSPS) is 21.3. The molecule has 10 heteroatoms. The Kier molecular flexibility index (Phi) is 8.63. The Bertz CT molecular complexity index is 1360. The molecule has 6 rings (SSSR count). The second kappa shape index (κ2) is 12.3. The Labute approximate surface area is 246 Å². The van der Waals surface area contributed by atoms with E-state index in [1.807, 2.05) is 0 Å². The number of benzene rings is 4. The van der Waals surface area contributed by atoms with Crippen molar-refractivity contribution in [3.63, 3.8) is 0 Å². The quantitative estimate of drug-likeness (QED) is 0.136. The summed E-state index contributed by atoms with van der Waals surface area (Å²) in [6.45, 7) is 0. The largest absolute Gasteiger partial charge is 0.207 e. The lowest BCUT2D eigenvalue weighted by atomic mass is 9.81. The minimum atomic E-state index is -1.61. The summed E-state index contributed by atoms with van der Waals surface area (Å²) in [4.78, 5) is 0. The third-order valence-corrected chi connectivity index (χ3v) is 13.8. The lowest BCUT2D eigenvalue weighted by molar-refractivity contribution is 0.267. The van der Waals surface area contributed by atoms with E-state index in [0.29, 0.717) is 33.5 Å². The van der Waals surface area contributed by atoms with Crippen molar-refractivity contribution in [3.8, 4) is 0 Å². The predicted molar refractivity (Wildman–Crippen MR) is 155 cm³/mol. The maximum Gasteiger partial charge on any atom is 0.126 e. The second-order valence-corrected chi connectivity index (χ2v) is 15.9. The van der Waals surface area contributed by atoms with Crippen LogP contribution in [0, 0.1) is 70.2 Å². The number of hydrogen-bond acceptors (Lipinski definition) is 0. The van der Waals surface area contributed by atoms with Gasteiger partial charge >= 0.3 is 0 Å². The van der Waals surface area contributed by atoms with Crippen molar-refractivity contribution in [3.05, 3.63) is 119 Å². The van der Waals surface area contributed by atoms with Crippen LogP contribution in [0.15, 0.2) is 72.8 Å². The van der Waals surface area contributed by atoms with E-state index < -0.39 is 62.4 Å². The van der Waals surface area contributed by atoms with Gasteiger partial charge in [0.2, 0.25) is 0 Å². The molecular weight excluding hydrogens is 610 g/mol. The average Bonchev–Trinajstić information content (AvgIpc) is 3.50. The molecule has 0 aromatic heterocycles. The first kappa shape index (κ1) is 30.2. The molecule has 2 fully saturated rings. The zero-order valence-electron chi connectivity index (χ0n) is 22.7. The number of hydrogen-bond donors (Lipinski definition) is 0. The van der Waals surface area contributed by atoms with Gasteiger partial charge < -0.3 is 0 Å². The Balaban J connectivity index is 1.41. The summed E-state index contributed by atoms with van der Waals surface area (Å²) in [6.07, 6.45) is 3.44. The molecular formula is C33H26F8P2. The zero-order valence-corrected chi connectivity index (χ0v) is 24.5. The van der Waals surface area contributed by atoms with Crippen molar-refractivity contribution in [2.75, 3.05) is 12.3 Å². The third-order valence-electron chi connectivity index (χ3n) is 8.70. The fourth-order valence-electron chi connectivity index (χ4n) is 7.02. The van der Waals surface area contributed by atoms with Gasteiger partial charge in [-0.15, -0.1) is 0 Å². The van der Waals surface area contributed by atoms with Crippen molar-refractivity contribution in [2.45, 2.75) is 19.3 Å². The van der Waals surface area contributed by atoms with E-state index in [2.05, 4.69) is 0 Å². The van der Waals surface area contributed by atoms with Crippen LogP contribution in [-0.4, -0.2) is 12.3 Å². The lowest BCUT2D eigenvalue weighted by Crippen LogP contribution is -2.32. The minimum absolute atomic E-state index is 0.0515. The molecule has 2 aliphatic rings. The van der Waals surface area contributed by atoms with E-state index in [1.165, 1.54) is 48.5 Å². The van der Waals surface area contributed by atoms with Gasteiger partial charge in [0.15, 0.2) is 0 Å². The van der Waals surface area contributed by atoms with Crippen LogP contribution in [0.2, 0.25) is 0 Å². The molecule has 2 aliphatic carbocycles. The molecule has 224 valence electrons. The highest BCUT2D eigenvalue weighted by atomic mass is 31.1. The monoisotopic (exact) mass is 636 g/mol. The van der Waals surface area contributed by atoms with Gasteiger partial charge in [-0.1, -0.05) is 0 Å². The van der Waals surface area contributed by atoms with Crippen molar-refractivity contribution >= 4 is 37.1 Å². The van der Waals surface area contributed by atoms with Gasteiger partial charge in [0.1, 0.15) is 46.5 Å². The summed E-state index contributed by atoms with van der Waals surface area (Å²) < 4.78 is 115. The molecule has 0 nitrogen and oxygen atoms in total. The molecule has 0 heterocycles. The fraction of sp³-hybridized carbons (Fsp3) is 0.273.